The van der Waals surface area contributed by atoms with Gasteiger partial charge in [0.05, 0.1) is 24.8 Å². The molecule has 1 saturated heterocycles. The van der Waals surface area contributed by atoms with Gasteiger partial charge in [-0.3, -0.25) is 0 Å². The van der Waals surface area contributed by atoms with Crippen molar-refractivity contribution in [1.82, 2.24) is 9.62 Å². The summed E-state index contributed by atoms with van der Waals surface area (Å²) >= 11 is 5.40. The third-order valence-corrected chi connectivity index (χ3v) is 7.37. The molecule has 2 aromatic carbocycles. The van der Waals surface area contributed by atoms with Crippen LogP contribution in [-0.4, -0.2) is 51.7 Å². The number of methoxy groups -OCH3 is 2. The zero-order chi connectivity index (χ0) is 22.3. The predicted molar refractivity (Wildman–Crippen MR) is 127 cm³/mol. The summed E-state index contributed by atoms with van der Waals surface area (Å²) in [5, 5.41) is 6.63. The van der Waals surface area contributed by atoms with Gasteiger partial charge in [-0.25, -0.2) is 8.42 Å². The summed E-state index contributed by atoms with van der Waals surface area (Å²) in [6.07, 6.45) is 3.63. The fourth-order valence-electron chi connectivity index (χ4n) is 3.48. The van der Waals surface area contributed by atoms with Gasteiger partial charge in [-0.2, -0.15) is 4.31 Å². The van der Waals surface area contributed by atoms with E-state index in [4.69, 9.17) is 21.7 Å². The number of benzene rings is 2. The van der Waals surface area contributed by atoms with Gasteiger partial charge in [0.15, 0.2) is 5.11 Å². The summed E-state index contributed by atoms with van der Waals surface area (Å²) < 4.78 is 38.1. The Labute approximate surface area is 189 Å². The fourth-order valence-corrected chi connectivity index (χ4v) is 5.23. The summed E-state index contributed by atoms with van der Waals surface area (Å²) in [4.78, 5) is 0.235. The smallest absolute Gasteiger partial charge is 0.243 e. The molecule has 31 heavy (non-hydrogen) atoms. The summed E-state index contributed by atoms with van der Waals surface area (Å²) in [7, 11) is -0.358. The molecule has 1 heterocycles. The van der Waals surface area contributed by atoms with E-state index in [2.05, 4.69) is 10.6 Å². The van der Waals surface area contributed by atoms with E-state index in [9.17, 15) is 8.42 Å². The van der Waals surface area contributed by atoms with E-state index in [0.29, 0.717) is 36.2 Å². The number of hydrogen-bond donors (Lipinski definition) is 2. The highest BCUT2D eigenvalue weighted by molar-refractivity contribution is 7.89. The van der Waals surface area contributed by atoms with Crippen LogP contribution in [0.15, 0.2) is 47.4 Å². The topological polar surface area (TPSA) is 79.9 Å². The molecule has 1 aliphatic rings. The average Bonchev–Trinajstić information content (AvgIpc) is 2.80. The van der Waals surface area contributed by atoms with Crippen molar-refractivity contribution >= 4 is 33.0 Å². The molecule has 0 spiro atoms. The molecule has 0 aliphatic carbocycles. The summed E-state index contributed by atoms with van der Waals surface area (Å²) in [5.74, 6) is 1.34. The highest BCUT2D eigenvalue weighted by Gasteiger charge is 2.26. The van der Waals surface area contributed by atoms with E-state index in [1.807, 2.05) is 24.3 Å². The van der Waals surface area contributed by atoms with Crippen LogP contribution in [-0.2, 0) is 16.4 Å². The summed E-state index contributed by atoms with van der Waals surface area (Å²) in [6, 6.07) is 12.7. The minimum absolute atomic E-state index is 0.235. The first kappa shape index (κ1) is 23.3. The van der Waals surface area contributed by atoms with Crippen LogP contribution in [0.5, 0.6) is 11.5 Å². The Morgan fingerprint density at radius 3 is 2.39 bits per heavy atom. The van der Waals surface area contributed by atoms with Crippen LogP contribution < -0.4 is 20.1 Å². The van der Waals surface area contributed by atoms with E-state index in [-0.39, 0.29) is 4.90 Å². The molecule has 7 nitrogen and oxygen atoms in total. The Balaban J connectivity index is 1.63. The lowest BCUT2D eigenvalue weighted by Gasteiger charge is -2.26. The number of rotatable bonds is 8. The van der Waals surface area contributed by atoms with Gasteiger partial charge >= 0.3 is 0 Å². The van der Waals surface area contributed by atoms with Crippen molar-refractivity contribution < 1.29 is 17.9 Å². The zero-order valence-corrected chi connectivity index (χ0v) is 19.5. The second-order valence-corrected chi connectivity index (χ2v) is 9.65. The van der Waals surface area contributed by atoms with Crippen LogP contribution in [0.25, 0.3) is 0 Å². The SMILES string of the molecule is COc1ccc(CCNC(=S)Nc2cc(S(=O)(=O)N3CCCCC3)ccc2OC)cc1. The maximum atomic E-state index is 13.0. The van der Waals surface area contributed by atoms with E-state index in [1.165, 1.54) is 0 Å². The van der Waals surface area contributed by atoms with Crippen LogP contribution in [0.4, 0.5) is 5.69 Å². The van der Waals surface area contributed by atoms with Crippen molar-refractivity contribution in [3.63, 3.8) is 0 Å². The summed E-state index contributed by atoms with van der Waals surface area (Å²) in [6.45, 7) is 1.75. The molecule has 2 aromatic rings. The molecule has 0 atom stereocenters. The van der Waals surface area contributed by atoms with Gasteiger partial charge in [-0.15, -0.1) is 0 Å². The minimum atomic E-state index is -3.54. The number of ether oxygens (including phenoxy) is 2. The van der Waals surface area contributed by atoms with Crippen molar-refractivity contribution in [2.45, 2.75) is 30.6 Å². The monoisotopic (exact) mass is 463 g/mol. The lowest BCUT2D eigenvalue weighted by Crippen LogP contribution is -2.35. The number of hydrogen-bond acceptors (Lipinski definition) is 5. The standard InChI is InChI=1S/C22H29N3O4S2/c1-28-18-8-6-17(7-9-18)12-13-23-22(30)24-20-16-19(10-11-21(20)29-2)31(26,27)25-14-4-3-5-15-25/h6-11,16H,3-5,12-15H2,1-2H3,(H2,23,24,30). The van der Waals surface area contributed by atoms with E-state index < -0.39 is 10.0 Å². The second kappa shape index (κ2) is 10.8. The van der Waals surface area contributed by atoms with Gasteiger partial charge in [0.25, 0.3) is 0 Å². The molecule has 0 amide bonds. The number of piperidine rings is 1. The van der Waals surface area contributed by atoms with Crippen molar-refractivity contribution in [2.75, 3.05) is 39.2 Å². The zero-order valence-electron chi connectivity index (χ0n) is 17.9. The molecular weight excluding hydrogens is 434 g/mol. The third kappa shape index (κ3) is 6.09. The Hall–Kier alpha value is -2.36. The molecule has 0 radical (unpaired) electrons. The molecule has 0 unspecified atom stereocenters. The van der Waals surface area contributed by atoms with Crippen molar-refractivity contribution in [3.05, 3.63) is 48.0 Å². The predicted octanol–water partition coefficient (Wildman–Crippen LogP) is 3.41. The van der Waals surface area contributed by atoms with Crippen molar-refractivity contribution in [3.8, 4) is 11.5 Å². The largest absolute Gasteiger partial charge is 0.497 e. The summed E-state index contributed by atoms with van der Waals surface area (Å²) in [5.41, 5.74) is 1.67. The molecule has 0 saturated carbocycles. The maximum absolute atomic E-state index is 13.0. The first-order valence-electron chi connectivity index (χ1n) is 10.3. The Morgan fingerprint density at radius 1 is 1.03 bits per heavy atom. The highest BCUT2D eigenvalue weighted by atomic mass is 32.2. The van der Waals surface area contributed by atoms with Gasteiger partial charge < -0.3 is 20.1 Å². The van der Waals surface area contributed by atoms with E-state index >= 15 is 0 Å². The van der Waals surface area contributed by atoms with Gasteiger partial charge in [0.2, 0.25) is 10.0 Å². The minimum Gasteiger partial charge on any atom is -0.497 e. The number of nitrogens with zero attached hydrogens (tertiary/aromatic N) is 1. The maximum Gasteiger partial charge on any atom is 0.243 e. The molecule has 0 aromatic heterocycles. The Kier molecular flexibility index (Phi) is 8.11. The Bertz CT molecular complexity index is 988. The number of thiocarbonyl (C=S) groups is 1. The normalized spacial score (nSPS) is 14.6. The molecule has 168 valence electrons. The van der Waals surface area contributed by atoms with Crippen LogP contribution >= 0.6 is 12.2 Å². The molecule has 1 aliphatic heterocycles. The number of nitrogens with one attached hydrogen (secondary N) is 2. The lowest BCUT2D eigenvalue weighted by atomic mass is 10.1. The molecular formula is C22H29N3O4S2. The van der Waals surface area contributed by atoms with Crippen molar-refractivity contribution in [2.24, 2.45) is 0 Å². The molecule has 2 N–H and O–H groups in total. The van der Waals surface area contributed by atoms with Crippen molar-refractivity contribution in [1.29, 1.82) is 0 Å². The Morgan fingerprint density at radius 2 is 1.74 bits per heavy atom. The van der Waals surface area contributed by atoms with Gasteiger partial charge in [-0.05, 0) is 67.4 Å². The molecule has 9 heteroatoms. The first-order valence-corrected chi connectivity index (χ1v) is 12.1. The van der Waals surface area contributed by atoms with Crippen LogP contribution in [0.1, 0.15) is 24.8 Å². The molecule has 3 rings (SSSR count). The van der Waals surface area contributed by atoms with Gasteiger partial charge in [0.1, 0.15) is 11.5 Å². The van der Waals surface area contributed by atoms with Gasteiger partial charge in [-0.1, -0.05) is 18.6 Å². The van der Waals surface area contributed by atoms with Crippen LogP contribution in [0, 0.1) is 0 Å². The molecule has 1 fully saturated rings. The number of sulfonamides is 1. The van der Waals surface area contributed by atoms with Crippen LogP contribution in [0.3, 0.4) is 0 Å². The number of anilines is 1. The third-order valence-electron chi connectivity index (χ3n) is 5.23. The van der Waals surface area contributed by atoms with E-state index in [1.54, 1.807) is 36.7 Å². The molecule has 0 bridgehead atoms. The quantitative estimate of drug-likeness (QED) is 0.581. The second-order valence-electron chi connectivity index (χ2n) is 7.31. The average molecular weight is 464 g/mol. The van der Waals surface area contributed by atoms with Crippen LogP contribution in [0.2, 0.25) is 0 Å². The fraction of sp³-hybridized carbons (Fsp3) is 0.409. The lowest BCUT2D eigenvalue weighted by molar-refractivity contribution is 0.346. The van der Waals surface area contributed by atoms with Gasteiger partial charge in [0, 0.05) is 19.6 Å². The highest BCUT2D eigenvalue weighted by Crippen LogP contribution is 2.30. The first-order chi connectivity index (χ1) is 14.9. The van der Waals surface area contributed by atoms with E-state index in [0.717, 1.165) is 37.0 Å².